The number of aryl methyl sites for hydroxylation is 1. The Kier molecular flexibility index (Phi) is 2.81. The van der Waals surface area contributed by atoms with E-state index in [0.29, 0.717) is 0 Å². The zero-order chi connectivity index (χ0) is 10.1. The van der Waals surface area contributed by atoms with Crippen LogP contribution in [0.5, 0.6) is 0 Å². The van der Waals surface area contributed by atoms with E-state index in [2.05, 4.69) is 27.7 Å². The van der Waals surface area contributed by atoms with Gasteiger partial charge in [-0.1, -0.05) is 27.7 Å². The SMILES string of the molecule is CCc1occc1C(N)C(C)(C)C. The number of hydrogen-bond donors (Lipinski definition) is 1. The molecule has 2 N–H and O–H groups in total. The molecule has 0 aromatic carbocycles. The summed E-state index contributed by atoms with van der Waals surface area (Å²) in [7, 11) is 0. The molecule has 1 aromatic rings. The molecule has 0 aliphatic heterocycles. The van der Waals surface area contributed by atoms with Crippen molar-refractivity contribution in [1.82, 2.24) is 0 Å². The highest BCUT2D eigenvalue weighted by Crippen LogP contribution is 2.32. The lowest BCUT2D eigenvalue weighted by Gasteiger charge is -2.26. The van der Waals surface area contributed by atoms with Crippen LogP contribution in [-0.4, -0.2) is 0 Å². The molecule has 0 amide bonds. The molecule has 0 saturated heterocycles. The number of nitrogens with two attached hydrogens (primary N) is 1. The first-order valence-corrected chi connectivity index (χ1v) is 4.78. The van der Waals surface area contributed by atoms with Crippen LogP contribution in [0, 0.1) is 5.41 Å². The molecule has 74 valence electrons. The van der Waals surface area contributed by atoms with Crippen LogP contribution in [-0.2, 0) is 6.42 Å². The maximum Gasteiger partial charge on any atom is 0.108 e. The Bertz CT molecular complexity index is 270. The number of rotatable bonds is 2. The van der Waals surface area contributed by atoms with E-state index in [1.165, 1.54) is 0 Å². The van der Waals surface area contributed by atoms with Gasteiger partial charge in [0.25, 0.3) is 0 Å². The number of furan rings is 1. The Labute approximate surface area is 80.1 Å². The summed E-state index contributed by atoms with van der Waals surface area (Å²) in [5.74, 6) is 1.02. The molecule has 1 atom stereocenters. The standard InChI is InChI=1S/C11H19NO/c1-5-9-8(6-7-13-9)10(12)11(2,3)4/h6-7,10H,5,12H2,1-4H3. The van der Waals surface area contributed by atoms with Gasteiger partial charge in [-0.3, -0.25) is 0 Å². The van der Waals surface area contributed by atoms with Crippen molar-refractivity contribution in [2.75, 3.05) is 0 Å². The van der Waals surface area contributed by atoms with Gasteiger partial charge in [-0.05, 0) is 11.5 Å². The van der Waals surface area contributed by atoms with Gasteiger partial charge in [-0.25, -0.2) is 0 Å². The van der Waals surface area contributed by atoms with Crippen molar-refractivity contribution in [3.63, 3.8) is 0 Å². The molecule has 0 spiro atoms. The van der Waals surface area contributed by atoms with Gasteiger partial charge < -0.3 is 10.2 Å². The molecule has 2 heteroatoms. The maximum absolute atomic E-state index is 6.13. The van der Waals surface area contributed by atoms with Crippen molar-refractivity contribution in [2.24, 2.45) is 11.1 Å². The molecule has 1 rings (SSSR count). The fraction of sp³-hybridized carbons (Fsp3) is 0.636. The Hall–Kier alpha value is -0.760. The summed E-state index contributed by atoms with van der Waals surface area (Å²) in [6, 6.07) is 2.04. The molecule has 13 heavy (non-hydrogen) atoms. The smallest absolute Gasteiger partial charge is 0.108 e. The van der Waals surface area contributed by atoms with E-state index >= 15 is 0 Å². The van der Waals surface area contributed by atoms with E-state index in [1.807, 2.05) is 6.07 Å². The van der Waals surface area contributed by atoms with Gasteiger partial charge in [0, 0.05) is 18.0 Å². The third kappa shape index (κ3) is 2.13. The minimum absolute atomic E-state index is 0.0567. The van der Waals surface area contributed by atoms with Gasteiger partial charge in [-0.15, -0.1) is 0 Å². The van der Waals surface area contributed by atoms with Crippen molar-refractivity contribution in [3.8, 4) is 0 Å². The van der Waals surface area contributed by atoms with Gasteiger partial charge in [-0.2, -0.15) is 0 Å². The van der Waals surface area contributed by atoms with Crippen LogP contribution in [0.25, 0.3) is 0 Å². The molecular formula is C11H19NO. The van der Waals surface area contributed by atoms with Gasteiger partial charge in [0.15, 0.2) is 0 Å². The third-order valence-corrected chi connectivity index (χ3v) is 2.37. The van der Waals surface area contributed by atoms with Crippen LogP contribution < -0.4 is 5.73 Å². The molecule has 1 unspecified atom stereocenters. The van der Waals surface area contributed by atoms with Crippen LogP contribution in [0.3, 0.4) is 0 Å². The first kappa shape index (κ1) is 10.3. The van der Waals surface area contributed by atoms with Gasteiger partial charge in [0.1, 0.15) is 5.76 Å². The van der Waals surface area contributed by atoms with E-state index in [9.17, 15) is 0 Å². The average molecular weight is 181 g/mol. The monoisotopic (exact) mass is 181 g/mol. The van der Waals surface area contributed by atoms with Crippen molar-refractivity contribution >= 4 is 0 Å². The lowest BCUT2D eigenvalue weighted by Crippen LogP contribution is -2.26. The zero-order valence-electron chi connectivity index (χ0n) is 8.92. The summed E-state index contributed by atoms with van der Waals surface area (Å²) in [5, 5.41) is 0. The molecule has 0 fully saturated rings. The Morgan fingerprint density at radius 3 is 2.54 bits per heavy atom. The molecular weight excluding hydrogens is 162 g/mol. The summed E-state index contributed by atoms with van der Waals surface area (Å²) in [6.07, 6.45) is 2.63. The molecule has 1 heterocycles. The Morgan fingerprint density at radius 1 is 1.46 bits per heavy atom. The second-order valence-electron chi connectivity index (χ2n) is 4.50. The highest BCUT2D eigenvalue weighted by atomic mass is 16.3. The second kappa shape index (κ2) is 3.54. The summed E-state index contributed by atoms with van der Waals surface area (Å²) in [6.45, 7) is 8.51. The minimum Gasteiger partial charge on any atom is -0.469 e. The molecule has 0 aliphatic carbocycles. The number of hydrogen-bond acceptors (Lipinski definition) is 2. The Morgan fingerprint density at radius 2 is 2.08 bits per heavy atom. The van der Waals surface area contributed by atoms with E-state index in [4.69, 9.17) is 10.2 Å². The van der Waals surface area contributed by atoms with Crippen molar-refractivity contribution in [2.45, 2.75) is 40.2 Å². The van der Waals surface area contributed by atoms with Crippen LogP contribution >= 0.6 is 0 Å². The minimum atomic E-state index is 0.0567. The fourth-order valence-corrected chi connectivity index (χ4v) is 1.38. The van der Waals surface area contributed by atoms with Crippen molar-refractivity contribution in [1.29, 1.82) is 0 Å². The van der Waals surface area contributed by atoms with Gasteiger partial charge in [0.2, 0.25) is 0 Å². The second-order valence-corrected chi connectivity index (χ2v) is 4.50. The average Bonchev–Trinajstić information content (AvgIpc) is 2.48. The zero-order valence-corrected chi connectivity index (χ0v) is 8.92. The lowest BCUT2D eigenvalue weighted by molar-refractivity contribution is 0.322. The fourth-order valence-electron chi connectivity index (χ4n) is 1.38. The largest absolute Gasteiger partial charge is 0.469 e. The summed E-state index contributed by atoms with van der Waals surface area (Å²) >= 11 is 0. The maximum atomic E-state index is 6.13. The predicted octanol–water partition coefficient (Wildman–Crippen LogP) is 2.89. The van der Waals surface area contributed by atoms with E-state index in [0.717, 1.165) is 17.7 Å². The molecule has 0 saturated carbocycles. The Balaban J connectivity index is 2.94. The van der Waals surface area contributed by atoms with Crippen molar-refractivity contribution < 1.29 is 4.42 Å². The first-order valence-electron chi connectivity index (χ1n) is 4.78. The van der Waals surface area contributed by atoms with E-state index in [-0.39, 0.29) is 11.5 Å². The van der Waals surface area contributed by atoms with Crippen LogP contribution in [0.15, 0.2) is 16.7 Å². The first-order chi connectivity index (χ1) is 5.96. The lowest BCUT2D eigenvalue weighted by atomic mass is 9.83. The van der Waals surface area contributed by atoms with Crippen LogP contribution in [0.2, 0.25) is 0 Å². The highest BCUT2D eigenvalue weighted by Gasteiger charge is 2.25. The van der Waals surface area contributed by atoms with Crippen LogP contribution in [0.1, 0.15) is 45.1 Å². The molecule has 2 nitrogen and oxygen atoms in total. The summed E-state index contributed by atoms with van der Waals surface area (Å²) in [5.41, 5.74) is 7.37. The van der Waals surface area contributed by atoms with E-state index < -0.39 is 0 Å². The van der Waals surface area contributed by atoms with E-state index in [1.54, 1.807) is 6.26 Å². The van der Waals surface area contributed by atoms with Crippen molar-refractivity contribution in [3.05, 3.63) is 23.7 Å². The third-order valence-electron chi connectivity index (χ3n) is 2.37. The highest BCUT2D eigenvalue weighted by molar-refractivity contribution is 5.22. The van der Waals surface area contributed by atoms with Gasteiger partial charge in [0.05, 0.1) is 6.26 Å². The summed E-state index contributed by atoms with van der Waals surface area (Å²) < 4.78 is 5.35. The molecule has 0 radical (unpaired) electrons. The van der Waals surface area contributed by atoms with Crippen LogP contribution in [0.4, 0.5) is 0 Å². The predicted molar refractivity (Wildman–Crippen MR) is 54.5 cm³/mol. The quantitative estimate of drug-likeness (QED) is 0.762. The molecule has 0 aliphatic rings. The topological polar surface area (TPSA) is 39.2 Å². The normalized spacial score (nSPS) is 14.5. The summed E-state index contributed by atoms with van der Waals surface area (Å²) in [4.78, 5) is 0. The molecule has 1 aromatic heterocycles. The molecule has 0 bridgehead atoms. The van der Waals surface area contributed by atoms with Gasteiger partial charge >= 0.3 is 0 Å².